The van der Waals surface area contributed by atoms with Crippen molar-refractivity contribution in [2.24, 2.45) is 0 Å². The fourth-order valence-electron chi connectivity index (χ4n) is 1.77. The van der Waals surface area contributed by atoms with Crippen molar-refractivity contribution in [1.29, 1.82) is 0 Å². The Hall–Kier alpha value is -1.81. The van der Waals surface area contributed by atoms with Gasteiger partial charge in [-0.1, -0.05) is 11.6 Å². The summed E-state index contributed by atoms with van der Waals surface area (Å²) < 4.78 is 10.4. The van der Waals surface area contributed by atoms with E-state index in [1.165, 1.54) is 0 Å². The molecule has 4 nitrogen and oxygen atoms in total. The number of hydrogen-bond donors (Lipinski definition) is 0. The molecule has 0 N–H and O–H groups in total. The number of nitrogens with zero attached hydrogens (tertiary/aromatic N) is 1. The molecule has 0 amide bonds. The van der Waals surface area contributed by atoms with Crippen LogP contribution in [0.15, 0.2) is 24.3 Å². The molecule has 0 radical (unpaired) electrons. The van der Waals surface area contributed by atoms with E-state index in [0.29, 0.717) is 40.6 Å². The lowest BCUT2D eigenvalue weighted by Crippen LogP contribution is -2.07. The lowest BCUT2D eigenvalue weighted by molar-refractivity contribution is 0.0528. The molecule has 2 rings (SSSR count). The summed E-state index contributed by atoms with van der Waals surface area (Å²) >= 11 is 5.96. The molecular weight excluding hydrogens is 266 g/mol. The van der Waals surface area contributed by atoms with Gasteiger partial charge in [-0.25, -0.2) is 9.78 Å². The van der Waals surface area contributed by atoms with Crippen LogP contribution in [-0.4, -0.2) is 24.2 Å². The fourth-order valence-corrected chi connectivity index (χ4v) is 1.95. The number of hydrogen-bond acceptors (Lipinski definition) is 4. The number of fused-ring (bicyclic) bond motifs is 1. The molecule has 0 aliphatic heterocycles. The van der Waals surface area contributed by atoms with E-state index >= 15 is 0 Å². The number of ether oxygens (including phenoxy) is 2. The Kier molecular flexibility index (Phi) is 4.22. The van der Waals surface area contributed by atoms with Gasteiger partial charge in [0.25, 0.3) is 0 Å². The molecule has 5 heteroatoms. The molecule has 19 heavy (non-hydrogen) atoms. The summed E-state index contributed by atoms with van der Waals surface area (Å²) in [4.78, 5) is 16.3. The highest BCUT2D eigenvalue weighted by molar-refractivity contribution is 6.31. The second kappa shape index (κ2) is 5.89. The van der Waals surface area contributed by atoms with Gasteiger partial charge in [0, 0.05) is 16.5 Å². The summed E-state index contributed by atoms with van der Waals surface area (Å²) in [5.41, 5.74) is 1.07. The molecule has 0 saturated heterocycles. The molecule has 0 bridgehead atoms. The molecule has 1 heterocycles. The van der Waals surface area contributed by atoms with Crippen LogP contribution in [0.2, 0.25) is 5.02 Å². The highest BCUT2D eigenvalue weighted by Gasteiger charge is 2.15. The average Bonchev–Trinajstić information content (AvgIpc) is 2.39. The van der Waals surface area contributed by atoms with Crippen molar-refractivity contribution in [1.82, 2.24) is 4.98 Å². The van der Waals surface area contributed by atoms with Crippen LogP contribution < -0.4 is 4.74 Å². The van der Waals surface area contributed by atoms with E-state index in [1.54, 1.807) is 31.2 Å². The van der Waals surface area contributed by atoms with Crippen LogP contribution >= 0.6 is 11.6 Å². The first-order chi connectivity index (χ1) is 9.15. The van der Waals surface area contributed by atoms with Gasteiger partial charge in [0.15, 0.2) is 0 Å². The minimum atomic E-state index is -0.405. The molecule has 1 aromatic heterocycles. The van der Waals surface area contributed by atoms with E-state index in [9.17, 15) is 4.79 Å². The lowest BCUT2D eigenvalue weighted by atomic mass is 10.1. The van der Waals surface area contributed by atoms with Crippen molar-refractivity contribution in [3.63, 3.8) is 0 Å². The number of carbonyl (C=O) groups is 1. The fraction of sp³-hybridized carbons (Fsp3) is 0.286. The predicted octanol–water partition coefficient (Wildman–Crippen LogP) is 3.46. The summed E-state index contributed by atoms with van der Waals surface area (Å²) in [5, 5.41) is 1.21. The number of pyridine rings is 1. The van der Waals surface area contributed by atoms with E-state index < -0.39 is 5.97 Å². The Morgan fingerprint density at radius 2 is 2.05 bits per heavy atom. The number of rotatable bonds is 4. The normalized spacial score (nSPS) is 10.5. The standard InChI is InChI=1S/C14H14ClNO3/c1-3-18-13-8-11(14(17)19-4-2)10-7-9(15)5-6-12(10)16-13/h5-8H,3-4H2,1-2H3. The Morgan fingerprint density at radius 1 is 1.26 bits per heavy atom. The maximum atomic E-state index is 12.0. The van der Waals surface area contributed by atoms with Gasteiger partial charge in [-0.3, -0.25) is 0 Å². The number of benzene rings is 1. The van der Waals surface area contributed by atoms with Crippen molar-refractivity contribution in [3.8, 4) is 5.88 Å². The van der Waals surface area contributed by atoms with Crippen molar-refractivity contribution < 1.29 is 14.3 Å². The SMILES string of the molecule is CCOC(=O)c1cc(OCC)nc2ccc(Cl)cc12. The average molecular weight is 280 g/mol. The summed E-state index contributed by atoms with van der Waals surface area (Å²) in [5.74, 6) is -0.00139. The maximum absolute atomic E-state index is 12.0. The van der Waals surface area contributed by atoms with Gasteiger partial charge >= 0.3 is 5.97 Å². The highest BCUT2D eigenvalue weighted by atomic mass is 35.5. The number of esters is 1. The molecule has 0 aliphatic carbocycles. The zero-order chi connectivity index (χ0) is 13.8. The first-order valence-corrected chi connectivity index (χ1v) is 6.43. The van der Waals surface area contributed by atoms with Crippen molar-refractivity contribution in [2.45, 2.75) is 13.8 Å². The predicted molar refractivity (Wildman–Crippen MR) is 73.9 cm³/mol. The molecule has 0 atom stereocenters. The van der Waals surface area contributed by atoms with Crippen LogP contribution in [0.5, 0.6) is 5.88 Å². The third kappa shape index (κ3) is 2.96. The molecule has 0 aliphatic rings. The lowest BCUT2D eigenvalue weighted by Gasteiger charge is -2.09. The molecular formula is C14H14ClNO3. The zero-order valence-corrected chi connectivity index (χ0v) is 11.5. The number of halogens is 1. The van der Waals surface area contributed by atoms with Crippen molar-refractivity contribution >= 4 is 28.5 Å². The summed E-state index contributed by atoms with van der Waals surface area (Å²) in [6.45, 7) is 4.41. The smallest absolute Gasteiger partial charge is 0.339 e. The van der Waals surface area contributed by atoms with Crippen molar-refractivity contribution in [2.75, 3.05) is 13.2 Å². The quantitative estimate of drug-likeness (QED) is 0.804. The van der Waals surface area contributed by atoms with Crippen LogP contribution in [0.4, 0.5) is 0 Å². The molecule has 1 aromatic carbocycles. The van der Waals surface area contributed by atoms with Crippen LogP contribution in [0.25, 0.3) is 10.9 Å². The highest BCUT2D eigenvalue weighted by Crippen LogP contribution is 2.25. The van der Waals surface area contributed by atoms with Gasteiger partial charge in [0.05, 0.1) is 24.3 Å². The van der Waals surface area contributed by atoms with Crippen molar-refractivity contribution in [3.05, 3.63) is 34.9 Å². The Bertz CT molecular complexity index is 613. The van der Waals surface area contributed by atoms with Crippen LogP contribution in [0.1, 0.15) is 24.2 Å². The second-order valence-electron chi connectivity index (χ2n) is 3.82. The van der Waals surface area contributed by atoms with Gasteiger partial charge in [-0.05, 0) is 32.0 Å². The summed E-state index contributed by atoms with van der Waals surface area (Å²) in [6.07, 6.45) is 0. The summed E-state index contributed by atoms with van der Waals surface area (Å²) in [7, 11) is 0. The molecule has 0 unspecified atom stereocenters. The number of aromatic nitrogens is 1. The van der Waals surface area contributed by atoms with Crippen LogP contribution in [0.3, 0.4) is 0 Å². The maximum Gasteiger partial charge on any atom is 0.339 e. The van der Waals surface area contributed by atoms with E-state index in [2.05, 4.69) is 4.98 Å². The van der Waals surface area contributed by atoms with E-state index in [0.717, 1.165) is 0 Å². The molecule has 0 saturated carbocycles. The first kappa shape index (κ1) is 13.6. The largest absolute Gasteiger partial charge is 0.478 e. The Morgan fingerprint density at radius 3 is 2.74 bits per heavy atom. The number of carbonyl (C=O) groups excluding carboxylic acids is 1. The molecule has 0 fully saturated rings. The van der Waals surface area contributed by atoms with Crippen LogP contribution in [-0.2, 0) is 4.74 Å². The zero-order valence-electron chi connectivity index (χ0n) is 10.8. The van der Waals surface area contributed by atoms with E-state index in [-0.39, 0.29) is 0 Å². The minimum absolute atomic E-state index is 0.313. The van der Waals surface area contributed by atoms with Gasteiger partial charge in [-0.15, -0.1) is 0 Å². The van der Waals surface area contributed by atoms with E-state index in [1.807, 2.05) is 6.92 Å². The van der Waals surface area contributed by atoms with Crippen LogP contribution in [0, 0.1) is 0 Å². The van der Waals surface area contributed by atoms with Gasteiger partial charge in [0.2, 0.25) is 5.88 Å². The van der Waals surface area contributed by atoms with Gasteiger partial charge < -0.3 is 9.47 Å². The Labute approximate surface area is 116 Å². The minimum Gasteiger partial charge on any atom is -0.478 e. The van der Waals surface area contributed by atoms with E-state index in [4.69, 9.17) is 21.1 Å². The molecule has 0 spiro atoms. The summed E-state index contributed by atoms with van der Waals surface area (Å²) in [6, 6.07) is 6.76. The monoisotopic (exact) mass is 279 g/mol. The second-order valence-corrected chi connectivity index (χ2v) is 4.26. The molecule has 100 valence electrons. The van der Waals surface area contributed by atoms with Gasteiger partial charge in [0.1, 0.15) is 0 Å². The molecule has 2 aromatic rings. The third-order valence-corrected chi connectivity index (χ3v) is 2.77. The topological polar surface area (TPSA) is 48.4 Å². The Balaban J connectivity index is 2.62. The van der Waals surface area contributed by atoms with Gasteiger partial charge in [-0.2, -0.15) is 0 Å². The first-order valence-electron chi connectivity index (χ1n) is 6.06. The third-order valence-electron chi connectivity index (χ3n) is 2.53.